The Morgan fingerprint density at radius 1 is 0.878 bits per heavy atom. The minimum atomic E-state index is -0.0240. The third-order valence-electron chi connectivity index (χ3n) is 8.82. The van der Waals surface area contributed by atoms with Crippen LogP contribution in [0.4, 0.5) is 4.79 Å². The number of unbranched alkanes of at least 4 members (excludes halogenated alkanes) is 1. The van der Waals surface area contributed by atoms with Crippen molar-refractivity contribution >= 4 is 29.4 Å². The van der Waals surface area contributed by atoms with Crippen LogP contribution in [-0.2, 0) is 9.59 Å². The molecule has 4 aliphatic carbocycles. The zero-order valence-corrected chi connectivity index (χ0v) is 28.2. The number of urea groups is 1. The Balaban J connectivity index is 0.000000300. The smallest absolute Gasteiger partial charge is 0.315 e. The number of Topliss-reactive ketones (excluding diaryl/α,β-unsaturated/α-hetero) is 2. The molecule has 0 aromatic heterocycles. The molecule has 0 aromatic rings. The van der Waals surface area contributed by atoms with Gasteiger partial charge in [0.25, 0.3) is 0 Å². The number of rotatable bonds is 7. The van der Waals surface area contributed by atoms with Gasteiger partial charge in [-0.1, -0.05) is 34.1 Å². The number of carbonyl (C=O) groups is 3. The van der Waals surface area contributed by atoms with Crippen LogP contribution in [0.5, 0.6) is 0 Å². The molecule has 41 heavy (non-hydrogen) atoms. The molecule has 2 aliphatic heterocycles. The molecule has 6 rings (SSSR count). The van der Waals surface area contributed by atoms with Crippen LogP contribution in [-0.4, -0.2) is 58.8 Å². The van der Waals surface area contributed by atoms with Crippen LogP contribution < -0.4 is 27.8 Å². The van der Waals surface area contributed by atoms with Gasteiger partial charge in [-0.3, -0.25) is 4.79 Å². The van der Waals surface area contributed by atoms with E-state index in [4.69, 9.17) is 17.2 Å². The molecule has 8 nitrogen and oxygen atoms in total. The van der Waals surface area contributed by atoms with E-state index in [0.717, 1.165) is 42.8 Å². The summed E-state index contributed by atoms with van der Waals surface area (Å²) in [7, 11) is 0. The maximum atomic E-state index is 11.7. The summed E-state index contributed by atoms with van der Waals surface area (Å²) in [6.07, 6.45) is 11.8. The number of thioether (sulfide) groups is 1. The zero-order valence-electron chi connectivity index (χ0n) is 27.3. The summed E-state index contributed by atoms with van der Waals surface area (Å²) < 4.78 is 0. The fraction of sp³-hybridized carbons (Fsp3) is 0.906. The van der Waals surface area contributed by atoms with Gasteiger partial charge in [0.1, 0.15) is 11.6 Å². The first kappa shape index (κ1) is 37.9. The van der Waals surface area contributed by atoms with Crippen molar-refractivity contribution in [1.29, 1.82) is 0 Å². The van der Waals surface area contributed by atoms with Crippen LogP contribution >= 0.6 is 11.8 Å². The van der Waals surface area contributed by atoms with Crippen molar-refractivity contribution in [2.45, 2.75) is 155 Å². The molecule has 5 unspecified atom stereocenters. The summed E-state index contributed by atoms with van der Waals surface area (Å²) in [5.41, 5.74) is 15.9. The molecule has 9 heteroatoms. The predicted octanol–water partition coefficient (Wildman–Crippen LogP) is 5.15. The Labute approximate surface area is 255 Å². The Kier molecular flexibility index (Phi) is 17.1. The number of ketones is 2. The van der Waals surface area contributed by atoms with Gasteiger partial charge < -0.3 is 32.6 Å². The molecule has 4 bridgehead atoms. The normalized spacial score (nSPS) is 33.1. The molecule has 8 N–H and O–H groups in total. The van der Waals surface area contributed by atoms with Gasteiger partial charge in [-0.05, 0) is 103 Å². The lowest BCUT2D eigenvalue weighted by Crippen LogP contribution is -2.49. The van der Waals surface area contributed by atoms with E-state index in [0.29, 0.717) is 35.6 Å². The van der Waals surface area contributed by atoms with Crippen molar-refractivity contribution in [2.75, 3.05) is 5.75 Å². The van der Waals surface area contributed by atoms with Gasteiger partial charge in [0, 0.05) is 34.9 Å². The third kappa shape index (κ3) is 12.9. The van der Waals surface area contributed by atoms with Crippen molar-refractivity contribution in [3.63, 3.8) is 0 Å². The first-order valence-corrected chi connectivity index (χ1v) is 17.2. The van der Waals surface area contributed by atoms with Crippen molar-refractivity contribution in [1.82, 2.24) is 10.6 Å². The van der Waals surface area contributed by atoms with Crippen LogP contribution in [0.2, 0.25) is 0 Å². The summed E-state index contributed by atoms with van der Waals surface area (Å²) in [5.74, 6) is 4.51. The van der Waals surface area contributed by atoms with Gasteiger partial charge in [0.15, 0.2) is 0 Å². The lowest BCUT2D eigenvalue weighted by molar-refractivity contribution is -0.141. The summed E-state index contributed by atoms with van der Waals surface area (Å²) >= 11 is 1.93. The van der Waals surface area contributed by atoms with E-state index in [-0.39, 0.29) is 29.3 Å². The van der Waals surface area contributed by atoms with E-state index < -0.39 is 0 Å². The lowest BCUT2D eigenvalue weighted by Gasteiger charge is -2.55. The topological polar surface area (TPSA) is 153 Å². The molecule has 2 amide bonds. The van der Waals surface area contributed by atoms with Gasteiger partial charge in [0.2, 0.25) is 0 Å². The average molecular weight is 598 g/mol. The number of hydrogen-bond donors (Lipinski definition) is 5. The molecule has 240 valence electrons. The fourth-order valence-corrected chi connectivity index (χ4v) is 8.45. The first-order chi connectivity index (χ1) is 19.2. The Bertz CT molecular complexity index is 760. The molecular formula is C32H63N5O3S. The SMILES string of the molecule is CC.CC(=O)C12CC3CC(CC(C3)C1)C2.CC(=O)CCCCC1SCC2NC(=O)NC21.CC(C)N.CC(N)C(C)N. The number of amides is 2. The number of carbonyl (C=O) groups excluding carboxylic acids is 3. The van der Waals surface area contributed by atoms with E-state index >= 15 is 0 Å². The van der Waals surface area contributed by atoms with Gasteiger partial charge >= 0.3 is 6.03 Å². The highest BCUT2D eigenvalue weighted by molar-refractivity contribution is 8.00. The van der Waals surface area contributed by atoms with E-state index in [1.807, 2.05) is 60.2 Å². The Morgan fingerprint density at radius 2 is 1.34 bits per heavy atom. The Morgan fingerprint density at radius 3 is 1.73 bits per heavy atom. The average Bonchev–Trinajstić information content (AvgIpc) is 3.42. The molecule has 2 saturated heterocycles. The van der Waals surface area contributed by atoms with Crippen molar-refractivity contribution in [3.05, 3.63) is 0 Å². The standard InChI is InChI=1S/C12H18O.C11H18N2O2S.C4H12N2.C3H9N.C2H6/c1-8(13)12-5-9-2-10(6-12)4-11(3-9)7-12;1-7(14)4-2-3-5-9-10-8(6-16-9)12-11(15)13-10;1-3(5)4(2)6;1-3(2)4;1-2/h9-11H,2-7H2,1H3;8-10H,2-6H2,1H3,(H2,12,13,15);3-4H,5-6H2,1-2H3;3H,4H2,1-2H3;1-2H3. The third-order valence-corrected chi connectivity index (χ3v) is 10.3. The van der Waals surface area contributed by atoms with Gasteiger partial charge in [-0.25, -0.2) is 4.79 Å². The van der Waals surface area contributed by atoms with E-state index in [2.05, 4.69) is 10.6 Å². The second-order valence-corrected chi connectivity index (χ2v) is 14.6. The zero-order chi connectivity index (χ0) is 31.3. The molecule has 6 fully saturated rings. The molecular weight excluding hydrogens is 534 g/mol. The number of hydrogen-bond acceptors (Lipinski definition) is 7. The maximum absolute atomic E-state index is 11.7. The van der Waals surface area contributed by atoms with Crippen LogP contribution in [0.15, 0.2) is 0 Å². The maximum Gasteiger partial charge on any atom is 0.315 e. The summed E-state index contributed by atoms with van der Waals surface area (Å²) in [6, 6.07) is 1.18. The molecule has 0 spiro atoms. The number of nitrogens with one attached hydrogen (secondary N) is 2. The fourth-order valence-electron chi connectivity index (χ4n) is 6.90. The van der Waals surface area contributed by atoms with Gasteiger partial charge in [-0.15, -0.1) is 0 Å². The predicted molar refractivity (Wildman–Crippen MR) is 174 cm³/mol. The van der Waals surface area contributed by atoms with Gasteiger partial charge in [-0.2, -0.15) is 11.8 Å². The summed E-state index contributed by atoms with van der Waals surface area (Å²) in [5, 5.41) is 6.43. The second kappa shape index (κ2) is 18.5. The van der Waals surface area contributed by atoms with Crippen molar-refractivity contribution in [3.8, 4) is 0 Å². The van der Waals surface area contributed by atoms with Crippen molar-refractivity contribution < 1.29 is 14.4 Å². The van der Waals surface area contributed by atoms with E-state index in [1.54, 1.807) is 6.92 Å². The first-order valence-electron chi connectivity index (χ1n) is 16.2. The highest BCUT2D eigenvalue weighted by atomic mass is 32.2. The Hall–Kier alpha value is -1.16. The second-order valence-electron chi connectivity index (χ2n) is 13.3. The minimum Gasteiger partial charge on any atom is -0.332 e. The van der Waals surface area contributed by atoms with E-state index in [9.17, 15) is 14.4 Å². The molecule has 0 aromatic carbocycles. The summed E-state index contributed by atoms with van der Waals surface area (Å²) in [4.78, 5) is 33.6. The van der Waals surface area contributed by atoms with Crippen LogP contribution in [0.1, 0.15) is 120 Å². The quantitative estimate of drug-likeness (QED) is 0.201. The largest absolute Gasteiger partial charge is 0.332 e. The monoisotopic (exact) mass is 597 g/mol. The van der Waals surface area contributed by atoms with Crippen molar-refractivity contribution in [2.24, 2.45) is 40.4 Å². The summed E-state index contributed by atoms with van der Waals surface area (Å²) in [6.45, 7) is 15.1. The van der Waals surface area contributed by atoms with Crippen LogP contribution in [0, 0.1) is 23.2 Å². The molecule has 0 radical (unpaired) electrons. The van der Waals surface area contributed by atoms with E-state index in [1.165, 1.54) is 38.5 Å². The molecule has 2 heterocycles. The molecule has 6 aliphatic rings. The van der Waals surface area contributed by atoms with Gasteiger partial charge in [0.05, 0.1) is 12.1 Å². The lowest BCUT2D eigenvalue weighted by atomic mass is 9.48. The van der Waals surface area contributed by atoms with Crippen LogP contribution in [0.3, 0.4) is 0 Å². The minimum absolute atomic E-state index is 0.0240. The number of nitrogens with two attached hydrogens (primary N) is 3. The highest BCUT2D eigenvalue weighted by Crippen LogP contribution is 2.60. The van der Waals surface area contributed by atoms with Crippen LogP contribution in [0.25, 0.3) is 0 Å². The highest BCUT2D eigenvalue weighted by Gasteiger charge is 2.53. The number of fused-ring (bicyclic) bond motifs is 1. The molecule has 4 saturated carbocycles. The molecule has 5 atom stereocenters.